The van der Waals surface area contributed by atoms with Crippen molar-refractivity contribution in [3.8, 4) is 0 Å². The van der Waals surface area contributed by atoms with Crippen LogP contribution in [0.15, 0.2) is 16.9 Å². The highest BCUT2D eigenvalue weighted by molar-refractivity contribution is 9.10. The summed E-state index contributed by atoms with van der Waals surface area (Å²) in [6.45, 7) is 5.53. The summed E-state index contributed by atoms with van der Waals surface area (Å²) in [5.41, 5.74) is 0.985. The van der Waals surface area contributed by atoms with Crippen LogP contribution in [-0.4, -0.2) is 45.8 Å². The van der Waals surface area contributed by atoms with Crippen molar-refractivity contribution >= 4 is 38.7 Å². The maximum Gasteiger partial charge on any atom is 0.325 e. The largest absolute Gasteiger partial charge is 0.326 e. The minimum atomic E-state index is -0.0109. The molecule has 106 valence electrons. The number of urea groups is 1. The van der Waals surface area contributed by atoms with E-state index in [0.29, 0.717) is 12.4 Å². The fourth-order valence-corrected chi connectivity index (χ4v) is 2.75. The lowest BCUT2D eigenvalue weighted by molar-refractivity contribution is 0.229. The third kappa shape index (κ3) is 1.96. The molecule has 0 spiro atoms. The number of aromatic nitrogens is 3. The predicted molar refractivity (Wildman–Crippen MR) is 81.0 cm³/mol. The van der Waals surface area contributed by atoms with Gasteiger partial charge < -0.3 is 4.90 Å². The average molecular weight is 338 g/mol. The molecule has 7 heteroatoms. The summed E-state index contributed by atoms with van der Waals surface area (Å²) in [4.78, 5) is 19.9. The van der Waals surface area contributed by atoms with Gasteiger partial charge in [-0.25, -0.2) is 9.78 Å². The lowest BCUT2D eigenvalue weighted by Crippen LogP contribution is -2.29. The van der Waals surface area contributed by atoms with E-state index in [2.05, 4.69) is 39.9 Å². The quantitative estimate of drug-likeness (QED) is 0.791. The number of amides is 2. The molecular weight excluding hydrogens is 322 g/mol. The van der Waals surface area contributed by atoms with E-state index in [-0.39, 0.29) is 12.1 Å². The number of anilines is 1. The maximum atomic E-state index is 12.2. The van der Waals surface area contributed by atoms with Gasteiger partial charge in [-0.3, -0.25) is 9.58 Å². The number of nitrogens with zero attached hydrogens (tertiary/aromatic N) is 5. The van der Waals surface area contributed by atoms with E-state index < -0.39 is 0 Å². The van der Waals surface area contributed by atoms with E-state index >= 15 is 0 Å². The molecule has 1 aliphatic heterocycles. The van der Waals surface area contributed by atoms with Crippen LogP contribution in [0.1, 0.15) is 19.9 Å². The van der Waals surface area contributed by atoms with Crippen LogP contribution in [0.2, 0.25) is 0 Å². The highest BCUT2D eigenvalue weighted by Crippen LogP contribution is 2.31. The number of likely N-dealkylation sites (N-methyl/N-ethyl adjacent to an activating group) is 1. The highest BCUT2D eigenvalue weighted by Gasteiger charge is 2.30. The van der Waals surface area contributed by atoms with Gasteiger partial charge in [-0.2, -0.15) is 5.10 Å². The first-order chi connectivity index (χ1) is 9.49. The summed E-state index contributed by atoms with van der Waals surface area (Å²) in [6, 6.07) is 2.15. The summed E-state index contributed by atoms with van der Waals surface area (Å²) < 4.78 is 2.70. The summed E-state index contributed by atoms with van der Waals surface area (Å²) >= 11 is 3.39. The molecule has 0 atom stereocenters. The van der Waals surface area contributed by atoms with Gasteiger partial charge in [0.1, 0.15) is 4.60 Å². The SMILES string of the molecule is CC(C)n1nc(N2CCN(C)C2=O)c2cnc(Br)cc21. The lowest BCUT2D eigenvalue weighted by Gasteiger charge is -2.13. The Morgan fingerprint density at radius 1 is 1.35 bits per heavy atom. The molecule has 0 aliphatic carbocycles. The monoisotopic (exact) mass is 337 g/mol. The molecule has 0 radical (unpaired) electrons. The number of fused-ring (bicyclic) bond motifs is 1. The number of hydrogen-bond acceptors (Lipinski definition) is 3. The summed E-state index contributed by atoms with van der Waals surface area (Å²) in [5, 5.41) is 5.54. The molecule has 20 heavy (non-hydrogen) atoms. The van der Waals surface area contributed by atoms with Crippen LogP contribution in [0, 0.1) is 0 Å². The standard InChI is InChI=1S/C13H16BrN5O/c1-8(2)19-10-6-11(14)15-7-9(10)12(16-19)18-5-4-17(3)13(18)20/h6-8H,4-5H2,1-3H3. The van der Waals surface area contributed by atoms with E-state index in [9.17, 15) is 4.79 Å². The Morgan fingerprint density at radius 2 is 2.10 bits per heavy atom. The molecule has 2 aromatic rings. The lowest BCUT2D eigenvalue weighted by atomic mass is 10.3. The summed E-state index contributed by atoms with van der Waals surface area (Å²) in [7, 11) is 1.80. The molecule has 6 nitrogen and oxygen atoms in total. The van der Waals surface area contributed by atoms with Crippen molar-refractivity contribution in [1.82, 2.24) is 19.7 Å². The van der Waals surface area contributed by atoms with Crippen LogP contribution in [0.3, 0.4) is 0 Å². The normalized spacial score (nSPS) is 15.9. The van der Waals surface area contributed by atoms with Crippen molar-refractivity contribution in [3.63, 3.8) is 0 Å². The summed E-state index contributed by atoms with van der Waals surface area (Å²) in [5.74, 6) is 0.697. The number of hydrogen-bond donors (Lipinski definition) is 0. The van der Waals surface area contributed by atoms with Gasteiger partial charge in [-0.05, 0) is 35.8 Å². The van der Waals surface area contributed by atoms with Crippen molar-refractivity contribution in [2.24, 2.45) is 0 Å². The second-order valence-corrected chi connectivity index (χ2v) is 6.05. The van der Waals surface area contributed by atoms with E-state index in [0.717, 1.165) is 22.1 Å². The molecule has 0 aromatic carbocycles. The third-order valence-electron chi connectivity index (χ3n) is 3.50. The Hall–Kier alpha value is -1.63. The first-order valence-corrected chi connectivity index (χ1v) is 7.34. The molecule has 0 saturated carbocycles. The van der Waals surface area contributed by atoms with Crippen LogP contribution in [0.5, 0.6) is 0 Å². The summed E-state index contributed by atoms with van der Waals surface area (Å²) in [6.07, 6.45) is 1.77. The van der Waals surface area contributed by atoms with Gasteiger partial charge >= 0.3 is 6.03 Å². The Kier molecular flexibility index (Phi) is 3.16. The number of carbonyl (C=O) groups excluding carboxylic acids is 1. The zero-order valence-electron chi connectivity index (χ0n) is 11.7. The smallest absolute Gasteiger partial charge is 0.325 e. The topological polar surface area (TPSA) is 54.3 Å². The Balaban J connectivity index is 2.19. The minimum Gasteiger partial charge on any atom is -0.326 e. The zero-order chi connectivity index (χ0) is 14.4. The van der Waals surface area contributed by atoms with Crippen LogP contribution in [0.25, 0.3) is 10.9 Å². The number of rotatable bonds is 2. The number of pyridine rings is 1. The van der Waals surface area contributed by atoms with Gasteiger partial charge in [0.2, 0.25) is 0 Å². The van der Waals surface area contributed by atoms with Crippen molar-refractivity contribution in [2.75, 3.05) is 25.0 Å². The predicted octanol–water partition coefficient (Wildman–Crippen LogP) is 2.65. The molecule has 0 unspecified atom stereocenters. The Bertz CT molecular complexity index is 681. The van der Waals surface area contributed by atoms with Crippen molar-refractivity contribution in [3.05, 3.63) is 16.9 Å². The molecule has 1 aliphatic rings. The first kappa shape index (κ1) is 13.4. The van der Waals surface area contributed by atoms with Gasteiger partial charge in [0.05, 0.1) is 10.9 Å². The molecule has 3 heterocycles. The maximum absolute atomic E-state index is 12.2. The molecule has 1 saturated heterocycles. The molecular formula is C13H16BrN5O. The fraction of sp³-hybridized carbons (Fsp3) is 0.462. The van der Waals surface area contributed by atoms with E-state index in [1.165, 1.54) is 0 Å². The Labute approximate surface area is 125 Å². The Morgan fingerprint density at radius 3 is 2.70 bits per heavy atom. The van der Waals surface area contributed by atoms with E-state index in [1.54, 1.807) is 23.0 Å². The second kappa shape index (κ2) is 4.73. The van der Waals surface area contributed by atoms with E-state index in [1.807, 2.05) is 10.7 Å². The minimum absolute atomic E-state index is 0.0109. The van der Waals surface area contributed by atoms with Crippen molar-refractivity contribution < 1.29 is 4.79 Å². The molecule has 3 rings (SSSR count). The molecule has 2 aromatic heterocycles. The molecule has 0 N–H and O–H groups in total. The van der Waals surface area contributed by atoms with Gasteiger partial charge in [-0.1, -0.05) is 0 Å². The first-order valence-electron chi connectivity index (χ1n) is 6.55. The van der Waals surface area contributed by atoms with Crippen LogP contribution >= 0.6 is 15.9 Å². The third-order valence-corrected chi connectivity index (χ3v) is 3.93. The van der Waals surface area contributed by atoms with Gasteiger partial charge in [-0.15, -0.1) is 0 Å². The van der Waals surface area contributed by atoms with Crippen LogP contribution < -0.4 is 4.90 Å². The number of halogens is 1. The molecule has 1 fully saturated rings. The van der Waals surface area contributed by atoms with E-state index in [4.69, 9.17) is 0 Å². The van der Waals surface area contributed by atoms with Gasteiger partial charge in [0.15, 0.2) is 5.82 Å². The number of carbonyl (C=O) groups is 1. The second-order valence-electron chi connectivity index (χ2n) is 5.24. The average Bonchev–Trinajstić information content (AvgIpc) is 2.91. The van der Waals surface area contributed by atoms with Crippen LogP contribution in [-0.2, 0) is 0 Å². The van der Waals surface area contributed by atoms with Crippen molar-refractivity contribution in [1.29, 1.82) is 0 Å². The van der Waals surface area contributed by atoms with Gasteiger partial charge in [0.25, 0.3) is 0 Å². The van der Waals surface area contributed by atoms with Crippen LogP contribution in [0.4, 0.5) is 10.6 Å². The van der Waals surface area contributed by atoms with Gasteiger partial charge in [0, 0.05) is 32.4 Å². The zero-order valence-corrected chi connectivity index (χ0v) is 13.3. The molecule has 0 bridgehead atoms. The van der Waals surface area contributed by atoms with Crippen molar-refractivity contribution in [2.45, 2.75) is 19.9 Å². The molecule has 2 amide bonds. The fourth-order valence-electron chi connectivity index (χ4n) is 2.43. The highest BCUT2D eigenvalue weighted by atomic mass is 79.9.